The van der Waals surface area contributed by atoms with Crippen LogP contribution < -0.4 is 10.6 Å². The number of hydrogen-bond donors (Lipinski definition) is 3. The van der Waals surface area contributed by atoms with Crippen LogP contribution in [0.2, 0.25) is 0 Å². The lowest BCUT2D eigenvalue weighted by Gasteiger charge is -2.13. The minimum atomic E-state index is -4.52. The zero-order chi connectivity index (χ0) is 21.9. The Labute approximate surface area is 170 Å². The Morgan fingerprint density at radius 1 is 1.27 bits per heavy atom. The van der Waals surface area contributed by atoms with Crippen molar-refractivity contribution in [2.75, 3.05) is 11.9 Å². The maximum Gasteiger partial charge on any atom is 0.416 e. The minimum absolute atomic E-state index is 0.0279. The average molecular weight is 419 g/mol. The van der Waals surface area contributed by atoms with E-state index in [2.05, 4.69) is 15.6 Å². The van der Waals surface area contributed by atoms with Gasteiger partial charge in [-0.3, -0.25) is 9.79 Å². The fourth-order valence-corrected chi connectivity index (χ4v) is 3.28. The van der Waals surface area contributed by atoms with Crippen LogP contribution in [-0.4, -0.2) is 29.4 Å². The van der Waals surface area contributed by atoms with E-state index in [0.717, 1.165) is 11.6 Å². The van der Waals surface area contributed by atoms with Crippen molar-refractivity contribution in [3.63, 3.8) is 0 Å². The van der Waals surface area contributed by atoms with Crippen LogP contribution in [0.4, 0.5) is 29.3 Å². The number of aliphatic imine (C=N–C) groups is 1. The predicted octanol–water partition coefficient (Wildman–Crippen LogP) is 4.68. The summed E-state index contributed by atoms with van der Waals surface area (Å²) in [7, 11) is 0. The number of rotatable bonds is 5. The lowest BCUT2D eigenvalue weighted by atomic mass is 10.0. The molecule has 0 atom stereocenters. The van der Waals surface area contributed by atoms with Crippen molar-refractivity contribution >= 4 is 29.1 Å². The van der Waals surface area contributed by atoms with Crippen LogP contribution >= 0.6 is 0 Å². The molecule has 3 N–H and O–H groups in total. The SMILES string of the molecule is Cc1cc2c(cc1C(F)(F)F)NC(=O)CC(c1cccc(CCCNC(=O)O)c1)=N2. The van der Waals surface area contributed by atoms with Gasteiger partial charge >= 0.3 is 12.3 Å². The van der Waals surface area contributed by atoms with Crippen LogP contribution in [0.3, 0.4) is 0 Å². The summed E-state index contributed by atoms with van der Waals surface area (Å²) in [6.45, 7) is 1.67. The van der Waals surface area contributed by atoms with Crippen molar-refractivity contribution in [2.45, 2.75) is 32.4 Å². The highest BCUT2D eigenvalue weighted by atomic mass is 19.4. The molecule has 3 rings (SSSR count). The molecule has 9 heteroatoms. The van der Waals surface area contributed by atoms with Gasteiger partial charge in [0.15, 0.2) is 0 Å². The van der Waals surface area contributed by atoms with Crippen LogP contribution in [0.5, 0.6) is 0 Å². The summed E-state index contributed by atoms with van der Waals surface area (Å²) in [4.78, 5) is 27.3. The predicted molar refractivity (Wildman–Crippen MR) is 106 cm³/mol. The highest BCUT2D eigenvalue weighted by molar-refractivity contribution is 6.17. The molecule has 0 aliphatic carbocycles. The van der Waals surface area contributed by atoms with Crippen LogP contribution in [-0.2, 0) is 17.4 Å². The van der Waals surface area contributed by atoms with Crippen LogP contribution in [0.25, 0.3) is 0 Å². The standard InChI is InChI=1S/C21H20F3N3O3/c1-12-8-17-18(10-15(12)21(22,23)24)27-19(28)11-16(26-17)14-6-2-4-13(9-14)5-3-7-25-20(29)30/h2,4,6,8-10,25H,3,5,7,11H2,1H3,(H,27,28)(H,29,30). The number of halogens is 3. The number of fused-ring (bicyclic) bond motifs is 1. The second-order valence-electron chi connectivity index (χ2n) is 7.00. The van der Waals surface area contributed by atoms with Gasteiger partial charge in [-0.15, -0.1) is 0 Å². The molecule has 6 nitrogen and oxygen atoms in total. The fraction of sp³-hybridized carbons (Fsp3) is 0.286. The molecule has 0 unspecified atom stereocenters. The Balaban J connectivity index is 1.90. The number of aryl methyl sites for hydroxylation is 2. The van der Waals surface area contributed by atoms with Crippen LogP contribution in [0.15, 0.2) is 41.4 Å². The molecule has 2 aromatic carbocycles. The summed E-state index contributed by atoms with van der Waals surface area (Å²) < 4.78 is 39.6. The Hall–Kier alpha value is -3.36. The number of alkyl halides is 3. The van der Waals surface area contributed by atoms with Crippen molar-refractivity contribution in [1.29, 1.82) is 0 Å². The highest BCUT2D eigenvalue weighted by Crippen LogP contribution is 2.39. The highest BCUT2D eigenvalue weighted by Gasteiger charge is 2.34. The van der Waals surface area contributed by atoms with Gasteiger partial charge in [0.25, 0.3) is 0 Å². The van der Waals surface area contributed by atoms with Crippen molar-refractivity contribution in [1.82, 2.24) is 5.32 Å². The van der Waals surface area contributed by atoms with Gasteiger partial charge in [-0.1, -0.05) is 18.2 Å². The molecule has 1 heterocycles. The van der Waals surface area contributed by atoms with Crippen LogP contribution in [0, 0.1) is 6.92 Å². The number of benzene rings is 2. The summed E-state index contributed by atoms with van der Waals surface area (Å²) in [5.41, 5.74) is 1.62. The largest absolute Gasteiger partial charge is 0.465 e. The molecule has 0 spiro atoms. The first kappa shape index (κ1) is 21.4. The summed E-state index contributed by atoms with van der Waals surface area (Å²) in [6, 6.07) is 9.57. The van der Waals surface area contributed by atoms with Gasteiger partial charge < -0.3 is 15.7 Å². The van der Waals surface area contributed by atoms with Crippen molar-refractivity contribution in [2.24, 2.45) is 4.99 Å². The molecule has 0 bridgehead atoms. The summed E-state index contributed by atoms with van der Waals surface area (Å²) in [6.07, 6.45) is -4.44. The Bertz CT molecular complexity index is 1020. The normalized spacial score (nSPS) is 13.7. The Morgan fingerprint density at radius 2 is 2.03 bits per heavy atom. The first-order valence-corrected chi connectivity index (χ1v) is 9.29. The molecule has 2 amide bonds. The van der Waals surface area contributed by atoms with E-state index < -0.39 is 23.7 Å². The summed E-state index contributed by atoms with van der Waals surface area (Å²) in [5.74, 6) is -0.444. The van der Waals surface area contributed by atoms with E-state index in [-0.39, 0.29) is 23.4 Å². The molecule has 0 saturated heterocycles. The summed E-state index contributed by atoms with van der Waals surface area (Å²) >= 11 is 0. The smallest absolute Gasteiger partial charge is 0.416 e. The van der Waals surface area contributed by atoms with E-state index in [9.17, 15) is 22.8 Å². The zero-order valence-electron chi connectivity index (χ0n) is 16.1. The molecule has 158 valence electrons. The van der Waals surface area contributed by atoms with Gasteiger partial charge in [-0.05, 0) is 54.7 Å². The number of carbonyl (C=O) groups is 2. The van der Waals surface area contributed by atoms with Gasteiger partial charge in [-0.25, -0.2) is 4.79 Å². The monoisotopic (exact) mass is 419 g/mol. The topological polar surface area (TPSA) is 90.8 Å². The fourth-order valence-electron chi connectivity index (χ4n) is 3.28. The van der Waals surface area contributed by atoms with Crippen LogP contribution in [0.1, 0.15) is 35.1 Å². The Kier molecular flexibility index (Phi) is 6.09. The molecule has 1 aliphatic rings. The minimum Gasteiger partial charge on any atom is -0.465 e. The molecular formula is C21H20F3N3O3. The number of hydrogen-bond acceptors (Lipinski definition) is 3. The molecular weight excluding hydrogens is 399 g/mol. The summed E-state index contributed by atoms with van der Waals surface area (Å²) in [5, 5.41) is 13.4. The van der Waals surface area contributed by atoms with E-state index in [1.807, 2.05) is 12.1 Å². The van der Waals surface area contributed by atoms with E-state index in [0.29, 0.717) is 30.7 Å². The van der Waals surface area contributed by atoms with E-state index in [4.69, 9.17) is 5.11 Å². The van der Waals surface area contributed by atoms with Crippen molar-refractivity contribution in [3.8, 4) is 0 Å². The molecule has 0 radical (unpaired) electrons. The van der Waals surface area contributed by atoms with Gasteiger partial charge in [-0.2, -0.15) is 13.2 Å². The number of carbonyl (C=O) groups excluding carboxylic acids is 1. The first-order valence-electron chi connectivity index (χ1n) is 9.29. The van der Waals surface area contributed by atoms with E-state index in [1.165, 1.54) is 13.0 Å². The second kappa shape index (κ2) is 8.56. The second-order valence-corrected chi connectivity index (χ2v) is 7.00. The number of anilines is 1. The maximum absolute atomic E-state index is 13.2. The molecule has 0 fully saturated rings. The van der Waals surface area contributed by atoms with Crippen molar-refractivity contribution in [3.05, 3.63) is 58.7 Å². The number of amides is 2. The molecule has 0 saturated carbocycles. The number of nitrogens with one attached hydrogen (secondary N) is 2. The number of carboxylic acid groups (broad SMARTS) is 1. The lowest BCUT2D eigenvalue weighted by Crippen LogP contribution is -2.22. The first-order chi connectivity index (χ1) is 14.1. The molecule has 2 aromatic rings. The third kappa shape index (κ3) is 5.16. The molecule has 1 aliphatic heterocycles. The van der Waals surface area contributed by atoms with Gasteiger partial charge in [0.05, 0.1) is 29.1 Å². The van der Waals surface area contributed by atoms with Gasteiger partial charge in [0.1, 0.15) is 0 Å². The van der Waals surface area contributed by atoms with Gasteiger partial charge in [0.2, 0.25) is 5.91 Å². The lowest BCUT2D eigenvalue weighted by molar-refractivity contribution is -0.138. The van der Waals surface area contributed by atoms with Gasteiger partial charge in [0, 0.05) is 6.54 Å². The molecule has 30 heavy (non-hydrogen) atoms. The average Bonchev–Trinajstić information content (AvgIpc) is 2.81. The third-order valence-corrected chi connectivity index (χ3v) is 4.68. The van der Waals surface area contributed by atoms with E-state index in [1.54, 1.807) is 12.1 Å². The zero-order valence-corrected chi connectivity index (χ0v) is 16.1. The molecule has 0 aromatic heterocycles. The Morgan fingerprint density at radius 3 is 2.73 bits per heavy atom. The maximum atomic E-state index is 13.2. The van der Waals surface area contributed by atoms with Crippen molar-refractivity contribution < 1.29 is 27.9 Å². The third-order valence-electron chi connectivity index (χ3n) is 4.68. The number of nitrogens with zero attached hydrogens (tertiary/aromatic N) is 1. The quantitative estimate of drug-likeness (QED) is 0.615. The van der Waals surface area contributed by atoms with E-state index >= 15 is 0 Å².